The van der Waals surface area contributed by atoms with E-state index in [1.165, 1.54) is 0 Å². The van der Waals surface area contributed by atoms with Crippen LogP contribution in [-0.4, -0.2) is 24.2 Å². The van der Waals surface area contributed by atoms with Gasteiger partial charge in [0.15, 0.2) is 0 Å². The number of ether oxygens (including phenoxy) is 1. The summed E-state index contributed by atoms with van der Waals surface area (Å²) >= 11 is 0. The predicted octanol–water partition coefficient (Wildman–Crippen LogP) is 1.24. The second-order valence-electron chi connectivity index (χ2n) is 2.92. The van der Waals surface area contributed by atoms with Gasteiger partial charge in [0.2, 0.25) is 0 Å². The summed E-state index contributed by atoms with van der Waals surface area (Å²) in [4.78, 5) is 3.92. The second kappa shape index (κ2) is 5.04. The minimum Gasteiger partial charge on any atom is -0.489 e. The van der Waals surface area contributed by atoms with Crippen LogP contribution < -0.4 is 10.1 Å². The molecule has 1 aromatic rings. The van der Waals surface area contributed by atoms with Crippen molar-refractivity contribution in [3.05, 3.63) is 24.5 Å². The maximum atomic E-state index is 5.67. The van der Waals surface area contributed by atoms with Gasteiger partial charge < -0.3 is 10.1 Å². The Kier molecular flexibility index (Phi) is 3.99. The third kappa shape index (κ3) is 2.86. The van der Waals surface area contributed by atoms with Crippen molar-refractivity contribution in [3.8, 4) is 5.75 Å². The van der Waals surface area contributed by atoms with Crippen molar-refractivity contribution in [1.29, 1.82) is 0 Å². The first-order valence-electron chi connectivity index (χ1n) is 4.22. The van der Waals surface area contributed by atoms with E-state index in [0.29, 0.717) is 6.10 Å². The van der Waals surface area contributed by atoms with E-state index in [1.54, 1.807) is 12.4 Å². The zero-order valence-electron chi connectivity index (χ0n) is 7.27. The van der Waals surface area contributed by atoms with Crippen LogP contribution in [-0.2, 0) is 0 Å². The Morgan fingerprint density at radius 2 is 2.15 bits per heavy atom. The van der Waals surface area contributed by atoms with Crippen LogP contribution in [0.2, 0.25) is 0 Å². The van der Waals surface area contributed by atoms with E-state index in [9.17, 15) is 0 Å². The first-order chi connectivity index (χ1) is 5.95. The van der Waals surface area contributed by atoms with E-state index in [2.05, 4.69) is 10.3 Å². The number of halogens is 1. The van der Waals surface area contributed by atoms with Crippen LogP contribution in [0.15, 0.2) is 24.5 Å². The van der Waals surface area contributed by atoms with Crippen LogP contribution in [0.1, 0.15) is 6.42 Å². The standard InChI is InChI=1S/C9H12N2O.ClH/c1-4-10-5-2-8(1)12-9-3-6-11-7-9;/h1-2,4-5,9,11H,3,6-7H2;1H/t9-;/m1./s1. The van der Waals surface area contributed by atoms with E-state index in [1.807, 2.05) is 12.1 Å². The van der Waals surface area contributed by atoms with Gasteiger partial charge in [0, 0.05) is 18.9 Å². The second-order valence-corrected chi connectivity index (χ2v) is 2.92. The Labute approximate surface area is 83.9 Å². The fraction of sp³-hybridized carbons (Fsp3) is 0.444. The lowest BCUT2D eigenvalue weighted by atomic mass is 10.3. The minimum atomic E-state index is 0. The summed E-state index contributed by atoms with van der Waals surface area (Å²) in [5, 5.41) is 3.25. The van der Waals surface area contributed by atoms with Gasteiger partial charge in [0.1, 0.15) is 11.9 Å². The Balaban J connectivity index is 0.000000845. The third-order valence-corrected chi connectivity index (χ3v) is 1.97. The Hall–Kier alpha value is -0.800. The average Bonchev–Trinajstić information content (AvgIpc) is 2.59. The SMILES string of the molecule is Cl.c1cc(O[C@@H]2CCNC2)ccn1. The molecule has 72 valence electrons. The van der Waals surface area contributed by atoms with Gasteiger partial charge in [-0.3, -0.25) is 4.98 Å². The number of nitrogens with one attached hydrogen (secondary N) is 1. The summed E-state index contributed by atoms with van der Waals surface area (Å²) in [5.74, 6) is 0.915. The molecule has 0 aromatic carbocycles. The molecule has 2 heterocycles. The molecule has 1 aliphatic heterocycles. The van der Waals surface area contributed by atoms with Crippen LogP contribution >= 0.6 is 12.4 Å². The number of pyridine rings is 1. The Bertz CT molecular complexity index is 237. The average molecular weight is 201 g/mol. The molecule has 13 heavy (non-hydrogen) atoms. The van der Waals surface area contributed by atoms with Gasteiger partial charge in [-0.2, -0.15) is 0 Å². The predicted molar refractivity (Wildman–Crippen MR) is 53.4 cm³/mol. The largest absolute Gasteiger partial charge is 0.489 e. The number of rotatable bonds is 2. The first-order valence-corrected chi connectivity index (χ1v) is 4.22. The molecule has 1 N–H and O–H groups in total. The van der Waals surface area contributed by atoms with Gasteiger partial charge in [0.05, 0.1) is 0 Å². The highest BCUT2D eigenvalue weighted by Gasteiger charge is 2.15. The maximum Gasteiger partial charge on any atom is 0.122 e. The fourth-order valence-corrected chi connectivity index (χ4v) is 1.34. The zero-order valence-corrected chi connectivity index (χ0v) is 8.09. The summed E-state index contributed by atoms with van der Waals surface area (Å²) in [6, 6.07) is 3.77. The lowest BCUT2D eigenvalue weighted by Gasteiger charge is -2.11. The van der Waals surface area contributed by atoms with Crippen molar-refractivity contribution in [1.82, 2.24) is 10.3 Å². The molecule has 0 unspecified atom stereocenters. The molecular weight excluding hydrogens is 188 g/mol. The minimum absolute atomic E-state index is 0. The van der Waals surface area contributed by atoms with Crippen molar-refractivity contribution >= 4 is 12.4 Å². The van der Waals surface area contributed by atoms with Crippen molar-refractivity contribution in [3.63, 3.8) is 0 Å². The van der Waals surface area contributed by atoms with Crippen molar-refractivity contribution in [2.24, 2.45) is 0 Å². The maximum absolute atomic E-state index is 5.67. The highest BCUT2D eigenvalue weighted by Crippen LogP contribution is 2.12. The van der Waals surface area contributed by atoms with Crippen LogP contribution in [0.3, 0.4) is 0 Å². The fourth-order valence-electron chi connectivity index (χ4n) is 1.34. The van der Waals surface area contributed by atoms with E-state index in [4.69, 9.17) is 4.74 Å². The van der Waals surface area contributed by atoms with Gasteiger partial charge in [-0.05, 0) is 25.1 Å². The van der Waals surface area contributed by atoms with E-state index < -0.39 is 0 Å². The lowest BCUT2D eigenvalue weighted by molar-refractivity contribution is 0.223. The molecule has 0 aliphatic carbocycles. The molecule has 0 saturated carbocycles. The molecule has 0 radical (unpaired) electrons. The third-order valence-electron chi connectivity index (χ3n) is 1.97. The summed E-state index contributed by atoms with van der Waals surface area (Å²) in [6.07, 6.45) is 4.94. The van der Waals surface area contributed by atoms with E-state index >= 15 is 0 Å². The molecule has 0 bridgehead atoms. The molecule has 4 heteroatoms. The summed E-state index contributed by atoms with van der Waals surface area (Å²) in [7, 11) is 0. The highest BCUT2D eigenvalue weighted by molar-refractivity contribution is 5.85. The van der Waals surface area contributed by atoms with Gasteiger partial charge >= 0.3 is 0 Å². The summed E-state index contributed by atoms with van der Waals surface area (Å²) in [6.45, 7) is 2.03. The monoisotopic (exact) mass is 200 g/mol. The van der Waals surface area contributed by atoms with Crippen molar-refractivity contribution in [2.75, 3.05) is 13.1 Å². The highest BCUT2D eigenvalue weighted by atomic mass is 35.5. The Morgan fingerprint density at radius 3 is 2.77 bits per heavy atom. The zero-order chi connectivity index (χ0) is 8.23. The number of aromatic nitrogens is 1. The van der Waals surface area contributed by atoms with E-state index in [-0.39, 0.29) is 12.4 Å². The lowest BCUT2D eigenvalue weighted by Crippen LogP contribution is -2.19. The van der Waals surface area contributed by atoms with Crippen LogP contribution in [0.5, 0.6) is 5.75 Å². The van der Waals surface area contributed by atoms with Crippen molar-refractivity contribution in [2.45, 2.75) is 12.5 Å². The molecule has 1 saturated heterocycles. The van der Waals surface area contributed by atoms with Gasteiger partial charge in [-0.15, -0.1) is 12.4 Å². The van der Waals surface area contributed by atoms with Crippen LogP contribution in [0, 0.1) is 0 Å². The van der Waals surface area contributed by atoms with Crippen LogP contribution in [0.4, 0.5) is 0 Å². The van der Waals surface area contributed by atoms with Gasteiger partial charge in [-0.25, -0.2) is 0 Å². The molecule has 0 amide bonds. The molecule has 1 aliphatic rings. The first kappa shape index (κ1) is 10.3. The summed E-state index contributed by atoms with van der Waals surface area (Å²) < 4.78 is 5.67. The van der Waals surface area contributed by atoms with E-state index in [0.717, 1.165) is 25.3 Å². The van der Waals surface area contributed by atoms with Gasteiger partial charge in [-0.1, -0.05) is 0 Å². The molecule has 1 fully saturated rings. The number of hydrogen-bond acceptors (Lipinski definition) is 3. The summed E-state index contributed by atoms with van der Waals surface area (Å²) in [5.41, 5.74) is 0. The molecule has 2 rings (SSSR count). The smallest absolute Gasteiger partial charge is 0.122 e. The molecule has 0 spiro atoms. The number of hydrogen-bond donors (Lipinski definition) is 1. The molecule has 1 atom stereocenters. The van der Waals surface area contributed by atoms with Crippen molar-refractivity contribution < 1.29 is 4.74 Å². The van der Waals surface area contributed by atoms with Gasteiger partial charge in [0.25, 0.3) is 0 Å². The normalized spacial score (nSPS) is 20.8. The molecule has 3 nitrogen and oxygen atoms in total. The number of nitrogens with zero attached hydrogens (tertiary/aromatic N) is 1. The molecule has 1 aromatic heterocycles. The quantitative estimate of drug-likeness (QED) is 0.780. The van der Waals surface area contributed by atoms with Crippen LogP contribution in [0.25, 0.3) is 0 Å². The molecular formula is C9H13ClN2O. The Morgan fingerprint density at radius 1 is 1.38 bits per heavy atom. The topological polar surface area (TPSA) is 34.1 Å².